The molecule has 0 N–H and O–H groups in total. The van der Waals surface area contributed by atoms with Crippen LogP contribution in [0.3, 0.4) is 0 Å². The normalized spacial score (nSPS) is 15.0. The number of nitro groups is 1. The number of thiophene rings is 1. The molecule has 0 bridgehead atoms. The number of halogens is 1. The van der Waals surface area contributed by atoms with Crippen LogP contribution >= 0.6 is 22.9 Å². The number of hydrogen-bond donors (Lipinski definition) is 0. The van der Waals surface area contributed by atoms with Crippen LogP contribution in [-0.2, 0) is 6.54 Å². The van der Waals surface area contributed by atoms with Crippen LogP contribution in [0, 0.1) is 10.1 Å². The van der Waals surface area contributed by atoms with Gasteiger partial charge in [-0.1, -0.05) is 23.7 Å². The van der Waals surface area contributed by atoms with E-state index in [1.807, 2.05) is 18.2 Å². The van der Waals surface area contributed by atoms with Crippen molar-refractivity contribution < 1.29 is 4.92 Å². The molecule has 0 unspecified atom stereocenters. The third-order valence-corrected chi connectivity index (χ3v) is 6.14. The molecule has 0 spiro atoms. The quantitative estimate of drug-likeness (QED) is 0.447. The van der Waals surface area contributed by atoms with Gasteiger partial charge in [0, 0.05) is 53.6 Å². The summed E-state index contributed by atoms with van der Waals surface area (Å²) >= 11 is 7.90. The molecule has 0 aliphatic carbocycles. The van der Waals surface area contributed by atoms with Gasteiger partial charge >= 0.3 is 0 Å². The van der Waals surface area contributed by atoms with Crippen LogP contribution in [-0.4, -0.2) is 41.0 Å². The van der Waals surface area contributed by atoms with E-state index in [0.29, 0.717) is 0 Å². The third kappa shape index (κ3) is 4.32. The minimum absolute atomic E-state index is 0.0237. The number of hydrogen-bond acceptors (Lipinski definition) is 6. The Kier molecular flexibility index (Phi) is 5.57. The Balaban J connectivity index is 1.34. The van der Waals surface area contributed by atoms with Crippen molar-refractivity contribution in [2.75, 3.05) is 31.1 Å². The van der Waals surface area contributed by atoms with E-state index in [4.69, 9.17) is 11.6 Å². The van der Waals surface area contributed by atoms with Crippen LogP contribution in [0.25, 0.3) is 10.4 Å². The van der Waals surface area contributed by atoms with Gasteiger partial charge in [-0.2, -0.15) is 0 Å². The summed E-state index contributed by atoms with van der Waals surface area (Å²) in [6.45, 7) is 4.51. The lowest BCUT2D eigenvalue weighted by Crippen LogP contribution is -2.46. The Morgan fingerprint density at radius 3 is 2.61 bits per heavy atom. The zero-order chi connectivity index (χ0) is 19.5. The van der Waals surface area contributed by atoms with Crippen LogP contribution in [0.2, 0.25) is 5.02 Å². The molecule has 3 heterocycles. The van der Waals surface area contributed by atoms with E-state index in [-0.39, 0.29) is 5.69 Å². The Hall–Kier alpha value is -2.48. The maximum absolute atomic E-state index is 10.8. The standard InChI is InChI=1S/C20H19ClN4O2S/c21-16-3-1-2-15(12-16)19-6-5-18(28-19)14-23-8-10-24(11-9-23)20-7-4-17(13-22-20)25(26)27/h1-7,12-13H,8-11,14H2. The van der Waals surface area contributed by atoms with E-state index >= 15 is 0 Å². The maximum atomic E-state index is 10.8. The Bertz CT molecular complexity index is 968. The molecule has 2 aromatic heterocycles. The fourth-order valence-corrected chi connectivity index (χ4v) is 4.53. The molecule has 1 fully saturated rings. The molecule has 0 saturated carbocycles. The predicted molar refractivity (Wildman–Crippen MR) is 113 cm³/mol. The Morgan fingerprint density at radius 1 is 1.11 bits per heavy atom. The Labute approximate surface area is 172 Å². The smallest absolute Gasteiger partial charge is 0.287 e. The van der Waals surface area contributed by atoms with E-state index in [1.165, 1.54) is 22.0 Å². The molecule has 6 nitrogen and oxygen atoms in total. The van der Waals surface area contributed by atoms with Gasteiger partial charge < -0.3 is 4.90 Å². The largest absolute Gasteiger partial charge is 0.354 e. The third-order valence-electron chi connectivity index (χ3n) is 4.79. The highest BCUT2D eigenvalue weighted by atomic mass is 35.5. The summed E-state index contributed by atoms with van der Waals surface area (Å²) in [6, 6.07) is 15.5. The zero-order valence-electron chi connectivity index (χ0n) is 15.1. The average molecular weight is 415 g/mol. The monoisotopic (exact) mass is 414 g/mol. The minimum atomic E-state index is -0.423. The molecule has 1 aliphatic heterocycles. The van der Waals surface area contributed by atoms with Crippen molar-refractivity contribution >= 4 is 34.4 Å². The number of nitrogens with zero attached hydrogens (tertiary/aromatic N) is 4. The van der Waals surface area contributed by atoms with Gasteiger partial charge in [-0.05, 0) is 35.9 Å². The zero-order valence-corrected chi connectivity index (χ0v) is 16.7. The number of aromatic nitrogens is 1. The lowest BCUT2D eigenvalue weighted by molar-refractivity contribution is -0.385. The van der Waals surface area contributed by atoms with Crippen molar-refractivity contribution in [3.63, 3.8) is 0 Å². The number of anilines is 1. The Morgan fingerprint density at radius 2 is 1.93 bits per heavy atom. The second kappa shape index (κ2) is 8.26. The molecule has 1 aliphatic rings. The second-order valence-corrected chi connectivity index (χ2v) is 8.28. The summed E-state index contributed by atoms with van der Waals surface area (Å²) < 4.78 is 0. The van der Waals surface area contributed by atoms with Gasteiger partial charge in [0.15, 0.2) is 0 Å². The molecule has 1 aromatic carbocycles. The first-order valence-electron chi connectivity index (χ1n) is 9.01. The molecule has 4 rings (SSSR count). The van der Waals surface area contributed by atoms with Crippen LogP contribution < -0.4 is 4.90 Å². The van der Waals surface area contributed by atoms with E-state index in [9.17, 15) is 10.1 Å². The van der Waals surface area contributed by atoms with Gasteiger partial charge in [0.2, 0.25) is 0 Å². The van der Waals surface area contributed by atoms with Crippen molar-refractivity contribution in [1.29, 1.82) is 0 Å². The highest BCUT2D eigenvalue weighted by Gasteiger charge is 2.19. The molecule has 0 radical (unpaired) electrons. The average Bonchev–Trinajstić information content (AvgIpc) is 3.17. The molecule has 0 amide bonds. The lowest BCUT2D eigenvalue weighted by Gasteiger charge is -2.35. The first-order valence-corrected chi connectivity index (χ1v) is 10.2. The van der Waals surface area contributed by atoms with Gasteiger partial charge in [-0.15, -0.1) is 11.3 Å². The predicted octanol–water partition coefficient (Wildman–Crippen LogP) is 4.69. The summed E-state index contributed by atoms with van der Waals surface area (Å²) in [6.07, 6.45) is 1.32. The van der Waals surface area contributed by atoms with E-state index in [1.54, 1.807) is 17.4 Å². The van der Waals surface area contributed by atoms with Gasteiger partial charge in [0.1, 0.15) is 12.0 Å². The van der Waals surface area contributed by atoms with Crippen molar-refractivity contribution in [1.82, 2.24) is 9.88 Å². The number of pyridine rings is 1. The minimum Gasteiger partial charge on any atom is -0.354 e. The fourth-order valence-electron chi connectivity index (χ4n) is 3.29. The van der Waals surface area contributed by atoms with Crippen molar-refractivity contribution in [3.05, 3.63) is 74.7 Å². The van der Waals surface area contributed by atoms with Crippen LogP contribution in [0.5, 0.6) is 0 Å². The highest BCUT2D eigenvalue weighted by molar-refractivity contribution is 7.15. The van der Waals surface area contributed by atoms with Crippen LogP contribution in [0.4, 0.5) is 11.5 Å². The first-order chi connectivity index (χ1) is 13.6. The van der Waals surface area contributed by atoms with E-state index in [2.05, 4.69) is 33.0 Å². The summed E-state index contributed by atoms with van der Waals surface area (Å²) in [7, 11) is 0. The SMILES string of the molecule is O=[N+]([O-])c1ccc(N2CCN(Cc3ccc(-c4cccc(Cl)c4)s3)CC2)nc1. The topological polar surface area (TPSA) is 62.5 Å². The molecule has 1 saturated heterocycles. The highest BCUT2D eigenvalue weighted by Crippen LogP contribution is 2.30. The summed E-state index contributed by atoms with van der Waals surface area (Å²) in [5.41, 5.74) is 1.17. The summed E-state index contributed by atoms with van der Waals surface area (Å²) in [4.78, 5) is 21.7. The molecular formula is C20H19ClN4O2S. The van der Waals surface area contributed by atoms with Gasteiger partial charge in [0.25, 0.3) is 5.69 Å². The van der Waals surface area contributed by atoms with Crippen molar-refractivity contribution in [2.24, 2.45) is 0 Å². The summed E-state index contributed by atoms with van der Waals surface area (Å²) in [5.74, 6) is 0.796. The molecule has 144 valence electrons. The van der Waals surface area contributed by atoms with Crippen molar-refractivity contribution in [3.8, 4) is 10.4 Å². The number of benzene rings is 1. The van der Waals surface area contributed by atoms with Gasteiger partial charge in [-0.3, -0.25) is 15.0 Å². The molecule has 28 heavy (non-hydrogen) atoms. The molecular weight excluding hydrogens is 396 g/mol. The fraction of sp³-hybridized carbons (Fsp3) is 0.250. The first kappa shape index (κ1) is 18.9. The molecule has 3 aromatic rings. The van der Waals surface area contributed by atoms with Crippen LogP contribution in [0.1, 0.15) is 4.88 Å². The molecule has 0 atom stereocenters. The van der Waals surface area contributed by atoms with Crippen molar-refractivity contribution in [2.45, 2.75) is 6.54 Å². The van der Waals surface area contributed by atoms with Gasteiger partial charge in [-0.25, -0.2) is 4.98 Å². The van der Waals surface area contributed by atoms with Gasteiger partial charge in [0.05, 0.1) is 4.92 Å². The lowest BCUT2D eigenvalue weighted by atomic mass is 10.2. The van der Waals surface area contributed by atoms with E-state index in [0.717, 1.165) is 49.1 Å². The molecule has 8 heteroatoms. The number of piperazine rings is 1. The van der Waals surface area contributed by atoms with Crippen LogP contribution in [0.15, 0.2) is 54.7 Å². The summed E-state index contributed by atoms with van der Waals surface area (Å²) in [5, 5.41) is 11.5. The number of rotatable bonds is 5. The second-order valence-electron chi connectivity index (χ2n) is 6.67. The maximum Gasteiger partial charge on any atom is 0.287 e. The van der Waals surface area contributed by atoms with E-state index < -0.39 is 4.92 Å².